The molecule has 94 valence electrons. The van der Waals surface area contributed by atoms with Gasteiger partial charge >= 0.3 is 5.97 Å². The number of hydrogen-bond donors (Lipinski definition) is 1. The number of carbonyl (C=O) groups is 1. The van der Waals surface area contributed by atoms with Crippen molar-refractivity contribution < 1.29 is 19.2 Å². The molecular weight excluding hydrogens is 325 g/mol. The second-order valence-corrected chi connectivity index (χ2v) is 4.67. The van der Waals surface area contributed by atoms with Crippen molar-refractivity contribution in [1.29, 1.82) is 0 Å². The maximum absolute atomic E-state index is 10.7. The van der Waals surface area contributed by atoms with Crippen LogP contribution >= 0.6 is 27.5 Å². The second kappa shape index (κ2) is 4.99. The van der Waals surface area contributed by atoms with Gasteiger partial charge in [0.15, 0.2) is 11.5 Å². The Hall–Kier alpha value is -1.53. The molecule has 0 fully saturated rings. The summed E-state index contributed by atoms with van der Waals surface area (Å²) in [6, 6.07) is 4.68. The first kappa shape index (κ1) is 12.9. The maximum atomic E-state index is 10.7. The van der Waals surface area contributed by atoms with Crippen molar-refractivity contribution in [1.82, 2.24) is 5.16 Å². The van der Waals surface area contributed by atoms with Crippen LogP contribution in [-0.4, -0.2) is 23.3 Å². The van der Waals surface area contributed by atoms with Gasteiger partial charge in [-0.3, -0.25) is 0 Å². The number of benzene rings is 1. The molecule has 0 aliphatic carbocycles. The third-order valence-corrected chi connectivity index (χ3v) is 2.95. The summed E-state index contributed by atoms with van der Waals surface area (Å²) in [5, 5.41) is 12.6. The molecule has 2 rings (SSSR count). The van der Waals surface area contributed by atoms with Gasteiger partial charge in [0, 0.05) is 10.5 Å². The van der Waals surface area contributed by atoms with Crippen LogP contribution in [0.5, 0.6) is 5.75 Å². The zero-order chi connectivity index (χ0) is 13.3. The fourth-order valence-corrected chi connectivity index (χ4v) is 2.34. The van der Waals surface area contributed by atoms with E-state index in [9.17, 15) is 4.79 Å². The van der Waals surface area contributed by atoms with Crippen molar-refractivity contribution >= 4 is 33.5 Å². The van der Waals surface area contributed by atoms with E-state index in [0.717, 1.165) is 4.47 Å². The molecule has 1 aromatic heterocycles. The predicted molar refractivity (Wildman–Crippen MR) is 68.2 cm³/mol. The minimum atomic E-state index is -1.16. The number of ether oxygens (including phenoxy) is 1. The number of nitrogens with zero attached hydrogens (tertiary/aromatic N) is 1. The first-order valence-electron chi connectivity index (χ1n) is 4.76. The van der Waals surface area contributed by atoms with E-state index in [2.05, 4.69) is 21.1 Å². The van der Waals surface area contributed by atoms with Crippen LogP contribution in [0.15, 0.2) is 27.2 Å². The molecule has 1 N–H and O–H groups in total. The molecule has 0 spiro atoms. The van der Waals surface area contributed by atoms with E-state index in [1.54, 1.807) is 12.1 Å². The quantitative estimate of drug-likeness (QED) is 0.932. The number of carboxylic acids is 1. The molecule has 0 aliphatic heterocycles. The Morgan fingerprint density at radius 2 is 2.22 bits per heavy atom. The third kappa shape index (κ3) is 2.34. The van der Waals surface area contributed by atoms with Crippen LogP contribution < -0.4 is 4.74 Å². The topological polar surface area (TPSA) is 72.6 Å². The van der Waals surface area contributed by atoms with Crippen LogP contribution in [0, 0.1) is 0 Å². The molecule has 0 saturated heterocycles. The average Bonchev–Trinajstić information content (AvgIpc) is 2.77. The Bertz CT molecular complexity index is 611. The summed E-state index contributed by atoms with van der Waals surface area (Å²) >= 11 is 9.31. The molecule has 1 aromatic carbocycles. The van der Waals surface area contributed by atoms with Crippen LogP contribution in [0.3, 0.4) is 0 Å². The number of aromatic nitrogens is 1. The van der Waals surface area contributed by atoms with E-state index in [-0.39, 0.29) is 11.5 Å². The first-order valence-corrected chi connectivity index (χ1v) is 5.93. The minimum absolute atomic E-state index is 0.178. The average molecular weight is 333 g/mol. The van der Waals surface area contributed by atoms with E-state index < -0.39 is 5.97 Å². The molecule has 0 radical (unpaired) electrons. The standard InChI is InChI=1S/C11H7BrClNO4/c1-17-10-6(2-5(12)3-7(10)13)9-4-8(11(15)16)14-18-9/h2-4H,1H3,(H,15,16). The molecule has 5 nitrogen and oxygen atoms in total. The smallest absolute Gasteiger partial charge is 0.358 e. The minimum Gasteiger partial charge on any atom is -0.494 e. The number of carboxylic acid groups (broad SMARTS) is 1. The molecule has 1 heterocycles. The highest BCUT2D eigenvalue weighted by Crippen LogP contribution is 2.39. The van der Waals surface area contributed by atoms with E-state index >= 15 is 0 Å². The summed E-state index contributed by atoms with van der Waals surface area (Å²) < 4.78 is 10.9. The highest BCUT2D eigenvalue weighted by molar-refractivity contribution is 9.10. The summed E-state index contributed by atoms with van der Waals surface area (Å²) in [5.74, 6) is -0.495. The lowest BCUT2D eigenvalue weighted by molar-refractivity contribution is 0.0686. The number of hydrogen-bond acceptors (Lipinski definition) is 4. The molecule has 18 heavy (non-hydrogen) atoms. The zero-order valence-electron chi connectivity index (χ0n) is 9.11. The van der Waals surface area contributed by atoms with Gasteiger partial charge in [0.2, 0.25) is 0 Å². The lowest BCUT2D eigenvalue weighted by Crippen LogP contribution is -1.94. The van der Waals surface area contributed by atoms with Gasteiger partial charge in [-0.15, -0.1) is 0 Å². The van der Waals surface area contributed by atoms with Crippen molar-refractivity contribution in [3.05, 3.63) is 33.4 Å². The third-order valence-electron chi connectivity index (χ3n) is 2.21. The maximum Gasteiger partial charge on any atom is 0.358 e. The SMILES string of the molecule is COc1c(Cl)cc(Br)cc1-c1cc(C(=O)O)no1. The summed E-state index contributed by atoms with van der Waals surface area (Å²) in [7, 11) is 1.47. The Kier molecular flexibility index (Phi) is 3.58. The Morgan fingerprint density at radius 1 is 1.50 bits per heavy atom. The largest absolute Gasteiger partial charge is 0.494 e. The van der Waals surface area contributed by atoms with Crippen molar-refractivity contribution in [2.75, 3.05) is 7.11 Å². The fraction of sp³-hybridized carbons (Fsp3) is 0.0909. The van der Waals surface area contributed by atoms with Crippen LogP contribution in [0.2, 0.25) is 5.02 Å². The fourth-order valence-electron chi connectivity index (χ4n) is 1.45. The van der Waals surface area contributed by atoms with E-state index in [0.29, 0.717) is 16.3 Å². The Labute approximate surface area is 115 Å². The van der Waals surface area contributed by atoms with E-state index in [1.807, 2.05) is 0 Å². The molecule has 0 bridgehead atoms. The highest BCUT2D eigenvalue weighted by Gasteiger charge is 2.18. The molecule has 0 amide bonds. The van der Waals surface area contributed by atoms with Gasteiger partial charge in [0.1, 0.15) is 5.75 Å². The zero-order valence-corrected chi connectivity index (χ0v) is 11.4. The summed E-state index contributed by atoms with van der Waals surface area (Å²) in [4.78, 5) is 10.7. The van der Waals surface area contributed by atoms with Crippen molar-refractivity contribution in [3.8, 4) is 17.1 Å². The van der Waals surface area contributed by atoms with Gasteiger partial charge < -0.3 is 14.4 Å². The molecular formula is C11H7BrClNO4. The second-order valence-electron chi connectivity index (χ2n) is 3.35. The summed E-state index contributed by atoms with van der Waals surface area (Å²) in [5.41, 5.74) is 0.347. The van der Waals surface area contributed by atoms with Crippen molar-refractivity contribution in [3.63, 3.8) is 0 Å². The first-order chi connectivity index (χ1) is 8.52. The van der Waals surface area contributed by atoms with Gasteiger partial charge in [0.05, 0.1) is 17.7 Å². The van der Waals surface area contributed by atoms with Crippen molar-refractivity contribution in [2.45, 2.75) is 0 Å². The number of methoxy groups -OCH3 is 1. The predicted octanol–water partition coefficient (Wildman–Crippen LogP) is 3.46. The van der Waals surface area contributed by atoms with E-state index in [4.69, 9.17) is 26.0 Å². The van der Waals surface area contributed by atoms with Crippen LogP contribution in [-0.2, 0) is 0 Å². The van der Waals surface area contributed by atoms with E-state index in [1.165, 1.54) is 13.2 Å². The van der Waals surface area contributed by atoms with Gasteiger partial charge in [-0.1, -0.05) is 32.7 Å². The molecule has 0 saturated carbocycles. The highest BCUT2D eigenvalue weighted by atomic mass is 79.9. The van der Waals surface area contributed by atoms with Crippen LogP contribution in [0.4, 0.5) is 0 Å². The molecule has 2 aromatic rings. The Balaban J connectivity index is 2.58. The Morgan fingerprint density at radius 3 is 2.78 bits per heavy atom. The van der Waals surface area contributed by atoms with Gasteiger partial charge in [-0.05, 0) is 12.1 Å². The lowest BCUT2D eigenvalue weighted by Gasteiger charge is -2.08. The number of aromatic carboxylic acids is 1. The molecule has 0 atom stereocenters. The molecule has 0 unspecified atom stereocenters. The van der Waals surface area contributed by atoms with Gasteiger partial charge in [-0.2, -0.15) is 0 Å². The van der Waals surface area contributed by atoms with Crippen LogP contribution in [0.1, 0.15) is 10.5 Å². The number of rotatable bonds is 3. The van der Waals surface area contributed by atoms with Crippen molar-refractivity contribution in [2.24, 2.45) is 0 Å². The van der Waals surface area contributed by atoms with Gasteiger partial charge in [0.25, 0.3) is 0 Å². The molecule has 0 aliphatic rings. The summed E-state index contributed by atoms with van der Waals surface area (Å²) in [6.45, 7) is 0. The number of halogens is 2. The molecule has 7 heteroatoms. The van der Waals surface area contributed by atoms with Gasteiger partial charge in [-0.25, -0.2) is 4.79 Å². The summed E-state index contributed by atoms with van der Waals surface area (Å²) in [6.07, 6.45) is 0. The normalized spacial score (nSPS) is 10.4. The monoisotopic (exact) mass is 331 g/mol. The van der Waals surface area contributed by atoms with Crippen LogP contribution in [0.25, 0.3) is 11.3 Å². The lowest BCUT2D eigenvalue weighted by atomic mass is 10.1.